The first kappa shape index (κ1) is 26.9. The van der Waals surface area contributed by atoms with Gasteiger partial charge in [-0.1, -0.05) is 75.1 Å². The first-order valence-electron chi connectivity index (χ1n) is 12.7. The number of imide groups is 1. The van der Waals surface area contributed by atoms with Gasteiger partial charge in [-0.05, 0) is 37.1 Å². The van der Waals surface area contributed by atoms with Crippen molar-refractivity contribution in [3.8, 4) is 11.8 Å². The number of hydrogen-bond acceptors (Lipinski definition) is 4. The Hall–Kier alpha value is -3.72. The minimum atomic E-state index is -1.13. The average molecular weight is 488 g/mol. The summed E-state index contributed by atoms with van der Waals surface area (Å²) < 4.78 is 0. The van der Waals surface area contributed by atoms with Crippen LogP contribution in [0.1, 0.15) is 101 Å². The third-order valence-corrected chi connectivity index (χ3v) is 6.46. The molecule has 36 heavy (non-hydrogen) atoms. The highest BCUT2D eigenvalue weighted by Crippen LogP contribution is 2.24. The van der Waals surface area contributed by atoms with Gasteiger partial charge in [0.1, 0.15) is 0 Å². The molecule has 0 radical (unpaired) electrons. The molecule has 6 nitrogen and oxygen atoms in total. The maximum atomic E-state index is 12.7. The zero-order chi connectivity index (χ0) is 25.9. The van der Waals surface area contributed by atoms with Gasteiger partial charge < -0.3 is 5.11 Å². The largest absolute Gasteiger partial charge is 0.481 e. The second kappa shape index (κ2) is 13.4. The number of benzene rings is 2. The molecule has 0 spiro atoms. The smallest absolute Gasteiger partial charge is 0.307 e. The van der Waals surface area contributed by atoms with Crippen molar-refractivity contribution in [2.75, 3.05) is 6.54 Å². The van der Waals surface area contributed by atoms with Gasteiger partial charge in [0.05, 0.1) is 17.0 Å². The summed E-state index contributed by atoms with van der Waals surface area (Å²) in [5.41, 5.74) is 1.88. The lowest BCUT2D eigenvalue weighted by molar-refractivity contribution is -0.142. The maximum Gasteiger partial charge on any atom is 0.307 e. The van der Waals surface area contributed by atoms with Crippen LogP contribution in [0.4, 0.5) is 0 Å². The molecule has 1 atom stereocenters. The van der Waals surface area contributed by atoms with E-state index in [9.17, 15) is 24.3 Å². The Morgan fingerprint density at radius 2 is 1.50 bits per heavy atom. The molecule has 1 aliphatic rings. The van der Waals surface area contributed by atoms with Crippen molar-refractivity contribution in [1.29, 1.82) is 0 Å². The van der Waals surface area contributed by atoms with Gasteiger partial charge in [0.25, 0.3) is 11.8 Å². The van der Waals surface area contributed by atoms with Crippen LogP contribution in [0.15, 0.2) is 48.5 Å². The van der Waals surface area contributed by atoms with E-state index in [1.165, 1.54) is 32.1 Å². The number of unbranched alkanes of at least 4 members (excludes halogenated alkanes) is 6. The number of amides is 2. The van der Waals surface area contributed by atoms with Crippen LogP contribution in [0.5, 0.6) is 0 Å². The van der Waals surface area contributed by atoms with Crippen LogP contribution in [0.2, 0.25) is 0 Å². The van der Waals surface area contributed by atoms with Gasteiger partial charge in [-0.2, -0.15) is 0 Å². The van der Waals surface area contributed by atoms with Gasteiger partial charge >= 0.3 is 5.97 Å². The van der Waals surface area contributed by atoms with Gasteiger partial charge in [-0.25, -0.2) is 0 Å². The Labute approximate surface area is 212 Å². The van der Waals surface area contributed by atoms with E-state index in [0.29, 0.717) is 16.7 Å². The van der Waals surface area contributed by atoms with Crippen LogP contribution in [0.3, 0.4) is 0 Å². The molecule has 3 rings (SSSR count). The number of Topliss-reactive ketones (excluding diaryl/α,β-unsaturated/α-hetero) is 1. The highest BCUT2D eigenvalue weighted by molar-refractivity contribution is 6.21. The van der Waals surface area contributed by atoms with Gasteiger partial charge in [-0.15, -0.1) is 0 Å². The lowest BCUT2D eigenvalue weighted by Gasteiger charge is -2.17. The summed E-state index contributed by atoms with van der Waals surface area (Å²) in [7, 11) is 0. The van der Waals surface area contributed by atoms with Gasteiger partial charge in [0.2, 0.25) is 0 Å². The number of ketones is 1. The molecule has 2 aromatic rings. The van der Waals surface area contributed by atoms with Crippen molar-refractivity contribution in [3.05, 3.63) is 70.8 Å². The Balaban J connectivity index is 1.50. The quantitative estimate of drug-likeness (QED) is 0.168. The van der Waals surface area contributed by atoms with E-state index in [2.05, 4.69) is 18.8 Å². The minimum Gasteiger partial charge on any atom is -0.481 e. The fourth-order valence-corrected chi connectivity index (χ4v) is 4.28. The predicted octanol–water partition coefficient (Wildman–Crippen LogP) is 5.75. The van der Waals surface area contributed by atoms with E-state index in [4.69, 9.17) is 0 Å². The van der Waals surface area contributed by atoms with Crippen molar-refractivity contribution in [1.82, 2.24) is 4.90 Å². The van der Waals surface area contributed by atoms with E-state index in [1.807, 2.05) is 0 Å². The number of nitrogens with zero attached hydrogens (tertiary/aromatic N) is 1. The number of fused-ring (bicyclic) bond motifs is 1. The van der Waals surface area contributed by atoms with Crippen LogP contribution in [0, 0.1) is 17.8 Å². The third kappa shape index (κ3) is 7.14. The summed E-state index contributed by atoms with van der Waals surface area (Å²) in [6, 6.07) is 13.4. The van der Waals surface area contributed by atoms with E-state index in [-0.39, 0.29) is 25.2 Å². The van der Waals surface area contributed by atoms with Crippen LogP contribution in [-0.4, -0.2) is 40.1 Å². The molecule has 188 valence electrons. The maximum absolute atomic E-state index is 12.7. The third-order valence-electron chi connectivity index (χ3n) is 6.46. The molecule has 0 aliphatic carbocycles. The Morgan fingerprint density at radius 1 is 0.889 bits per heavy atom. The summed E-state index contributed by atoms with van der Waals surface area (Å²) in [6.45, 7) is 2.15. The fourth-order valence-electron chi connectivity index (χ4n) is 4.28. The summed E-state index contributed by atoms with van der Waals surface area (Å²) in [6.07, 6.45) is 8.00. The molecule has 1 N–H and O–H groups in total. The van der Waals surface area contributed by atoms with Crippen molar-refractivity contribution in [3.63, 3.8) is 0 Å². The summed E-state index contributed by atoms with van der Waals surface area (Å²) in [4.78, 5) is 50.6. The molecule has 0 bridgehead atoms. The fraction of sp³-hybridized carbons (Fsp3) is 0.400. The minimum absolute atomic E-state index is 0.00848. The second-order valence-corrected chi connectivity index (χ2v) is 9.16. The number of carbonyl (C=O) groups is 4. The molecule has 0 saturated carbocycles. The molecule has 1 unspecified atom stereocenters. The van der Waals surface area contributed by atoms with Crippen LogP contribution in [0.25, 0.3) is 0 Å². The molecule has 1 heterocycles. The van der Waals surface area contributed by atoms with Gasteiger partial charge in [-0.3, -0.25) is 24.1 Å². The van der Waals surface area contributed by atoms with Crippen LogP contribution >= 0.6 is 0 Å². The Morgan fingerprint density at radius 3 is 2.11 bits per heavy atom. The highest BCUT2D eigenvalue weighted by Gasteiger charge is 2.35. The number of carbonyl (C=O) groups excluding carboxylic acids is 3. The Kier molecular flexibility index (Phi) is 10.00. The lowest BCUT2D eigenvalue weighted by atomic mass is 9.95. The van der Waals surface area contributed by atoms with Crippen LogP contribution < -0.4 is 0 Å². The van der Waals surface area contributed by atoms with Crippen molar-refractivity contribution >= 4 is 23.6 Å². The van der Waals surface area contributed by atoms with Gasteiger partial charge in [0.15, 0.2) is 5.78 Å². The number of hydrogen-bond donors (Lipinski definition) is 1. The molecule has 0 fully saturated rings. The van der Waals surface area contributed by atoms with Crippen LogP contribution in [-0.2, 0) is 4.79 Å². The Bertz CT molecular complexity index is 1120. The molecule has 2 amide bonds. The van der Waals surface area contributed by atoms with E-state index in [0.717, 1.165) is 23.3 Å². The molecule has 0 saturated heterocycles. The molecule has 2 aromatic carbocycles. The topological polar surface area (TPSA) is 91.8 Å². The van der Waals surface area contributed by atoms with Gasteiger partial charge in [0, 0.05) is 30.5 Å². The highest BCUT2D eigenvalue weighted by atomic mass is 16.4. The summed E-state index contributed by atoms with van der Waals surface area (Å²) in [5, 5.41) is 9.63. The normalized spacial score (nSPS) is 13.2. The first-order chi connectivity index (χ1) is 17.4. The molecule has 1 aliphatic heterocycles. The number of carboxylic acid groups (broad SMARTS) is 1. The lowest BCUT2D eigenvalue weighted by Crippen LogP contribution is -2.33. The summed E-state index contributed by atoms with van der Waals surface area (Å²) in [5.74, 6) is 3.00. The second-order valence-electron chi connectivity index (χ2n) is 9.16. The first-order valence-corrected chi connectivity index (χ1v) is 12.7. The SMILES string of the molecule is CCCCCCCCC#Cc1ccc(C(=O)CC(CCN2C(=O)c3ccccc3C2=O)C(=O)O)cc1. The standard InChI is InChI=1S/C30H33NO5/c1-2-3-4-5-6-7-8-9-12-22-15-17-23(18-16-22)27(32)21-24(30(35)36)19-20-31-28(33)25-13-10-11-14-26(25)29(31)34/h10-11,13-18,24H,2-8,19-21H2,1H3,(H,35,36). The van der Waals surface area contributed by atoms with Crippen molar-refractivity contribution in [2.24, 2.45) is 5.92 Å². The number of aliphatic carboxylic acids is 1. The number of rotatable bonds is 13. The monoisotopic (exact) mass is 487 g/mol. The predicted molar refractivity (Wildman–Crippen MR) is 138 cm³/mol. The summed E-state index contributed by atoms with van der Waals surface area (Å²) >= 11 is 0. The van der Waals surface area contributed by atoms with Crippen molar-refractivity contribution in [2.45, 2.75) is 64.7 Å². The average Bonchev–Trinajstić information content (AvgIpc) is 3.13. The van der Waals surface area contributed by atoms with E-state index in [1.54, 1.807) is 48.5 Å². The van der Waals surface area contributed by atoms with E-state index >= 15 is 0 Å². The molecule has 0 aromatic heterocycles. The molecular weight excluding hydrogens is 454 g/mol. The molecular formula is C30H33NO5. The van der Waals surface area contributed by atoms with E-state index < -0.39 is 23.7 Å². The zero-order valence-electron chi connectivity index (χ0n) is 20.8. The zero-order valence-corrected chi connectivity index (χ0v) is 20.8. The van der Waals surface area contributed by atoms with Crippen molar-refractivity contribution < 1.29 is 24.3 Å². The number of carboxylic acids is 1. The molecule has 6 heteroatoms.